The van der Waals surface area contributed by atoms with Crippen molar-refractivity contribution in [2.24, 2.45) is 0 Å². The Hall–Kier alpha value is -2.48. The van der Waals surface area contributed by atoms with Crippen LogP contribution < -0.4 is 4.90 Å². The molecule has 142 valence electrons. The summed E-state index contributed by atoms with van der Waals surface area (Å²) in [5.41, 5.74) is 0.942. The third-order valence-corrected chi connectivity index (χ3v) is 5.68. The summed E-state index contributed by atoms with van der Waals surface area (Å²) in [6, 6.07) is 10.9. The molecule has 0 fully saturated rings. The first kappa shape index (κ1) is 18.9. The normalized spacial score (nSPS) is 11.1. The van der Waals surface area contributed by atoms with Gasteiger partial charge < -0.3 is 0 Å². The number of amides is 1. The second-order valence-electron chi connectivity index (χ2n) is 5.96. The van der Waals surface area contributed by atoms with E-state index in [0.29, 0.717) is 39.0 Å². The van der Waals surface area contributed by atoms with E-state index in [4.69, 9.17) is 23.2 Å². The van der Waals surface area contributed by atoms with Crippen LogP contribution in [-0.2, 0) is 6.54 Å². The average Bonchev–Trinajstić information content (AvgIpc) is 3.31. The molecule has 9 heteroatoms. The van der Waals surface area contributed by atoms with E-state index >= 15 is 0 Å². The summed E-state index contributed by atoms with van der Waals surface area (Å²) in [7, 11) is 0. The minimum atomic E-state index is -0.349. The van der Waals surface area contributed by atoms with Gasteiger partial charge in [-0.2, -0.15) is 5.10 Å². The largest absolute Gasteiger partial charge is 0.282 e. The van der Waals surface area contributed by atoms with Crippen LogP contribution in [0, 0.1) is 5.82 Å². The van der Waals surface area contributed by atoms with Crippen LogP contribution in [-0.4, -0.2) is 27.2 Å². The van der Waals surface area contributed by atoms with Crippen LogP contribution in [0.3, 0.4) is 0 Å². The molecule has 2 aromatic heterocycles. The lowest BCUT2D eigenvalue weighted by atomic mass is 10.2. The number of nitrogens with zero attached hydrogens (tertiary/aromatic N) is 4. The van der Waals surface area contributed by atoms with Crippen molar-refractivity contribution in [3.05, 3.63) is 76.3 Å². The maximum atomic E-state index is 13.6. The van der Waals surface area contributed by atoms with Crippen LogP contribution in [0.2, 0.25) is 10.0 Å². The first-order valence-corrected chi connectivity index (χ1v) is 9.89. The molecule has 4 aromatic rings. The van der Waals surface area contributed by atoms with Gasteiger partial charge in [-0.1, -0.05) is 34.5 Å². The lowest BCUT2D eigenvalue weighted by molar-refractivity contribution is 0.0986. The number of rotatable bonds is 5. The zero-order chi connectivity index (χ0) is 19.7. The number of aromatic nitrogens is 3. The second kappa shape index (κ2) is 7.87. The highest BCUT2D eigenvalue weighted by Crippen LogP contribution is 2.31. The van der Waals surface area contributed by atoms with Gasteiger partial charge in [0.15, 0.2) is 5.13 Å². The van der Waals surface area contributed by atoms with Crippen LogP contribution in [0.25, 0.3) is 10.2 Å². The van der Waals surface area contributed by atoms with Crippen molar-refractivity contribution in [1.82, 2.24) is 14.8 Å². The summed E-state index contributed by atoms with van der Waals surface area (Å²) in [6.45, 7) is 0.788. The molecule has 0 saturated carbocycles. The summed E-state index contributed by atoms with van der Waals surface area (Å²) in [6.07, 6.45) is 3.48. The smallest absolute Gasteiger partial charge is 0.261 e. The molecule has 0 atom stereocenters. The standard InChI is InChI=1S/C19H13Cl2FN4OS/c20-12-2-4-14(15(21)10-12)18(27)26(9-8-25-7-1-6-23-25)19-24-16-5-3-13(22)11-17(16)28-19/h1-7,10-11H,8-9H2. The maximum absolute atomic E-state index is 13.6. The molecule has 0 N–H and O–H groups in total. The number of carbonyl (C=O) groups excluding carboxylic acids is 1. The highest BCUT2D eigenvalue weighted by atomic mass is 35.5. The molecule has 2 aromatic carbocycles. The first-order chi connectivity index (χ1) is 13.5. The van der Waals surface area contributed by atoms with Crippen molar-refractivity contribution in [2.45, 2.75) is 6.54 Å². The Morgan fingerprint density at radius 3 is 2.82 bits per heavy atom. The molecule has 0 aliphatic heterocycles. The molecule has 0 saturated heterocycles. The molecule has 1 amide bonds. The van der Waals surface area contributed by atoms with Crippen LogP contribution in [0.5, 0.6) is 0 Å². The molecule has 28 heavy (non-hydrogen) atoms. The van der Waals surface area contributed by atoms with E-state index in [-0.39, 0.29) is 16.7 Å². The Morgan fingerprint density at radius 1 is 1.21 bits per heavy atom. The number of hydrogen-bond donors (Lipinski definition) is 0. The molecular weight excluding hydrogens is 422 g/mol. The van der Waals surface area contributed by atoms with Crippen molar-refractivity contribution in [1.29, 1.82) is 0 Å². The van der Waals surface area contributed by atoms with Crippen molar-refractivity contribution in [3.8, 4) is 0 Å². The van der Waals surface area contributed by atoms with Gasteiger partial charge in [-0.05, 0) is 42.5 Å². The van der Waals surface area contributed by atoms with Gasteiger partial charge >= 0.3 is 0 Å². The van der Waals surface area contributed by atoms with Gasteiger partial charge in [-0.15, -0.1) is 0 Å². The van der Waals surface area contributed by atoms with Gasteiger partial charge in [0.2, 0.25) is 0 Å². The van der Waals surface area contributed by atoms with E-state index in [1.54, 1.807) is 29.1 Å². The minimum Gasteiger partial charge on any atom is -0.282 e. The fraction of sp³-hybridized carbons (Fsp3) is 0.105. The summed E-state index contributed by atoms with van der Waals surface area (Å²) in [4.78, 5) is 19.3. The highest BCUT2D eigenvalue weighted by Gasteiger charge is 2.23. The number of carbonyl (C=O) groups is 1. The predicted octanol–water partition coefficient (Wildman–Crippen LogP) is 5.29. The average molecular weight is 435 g/mol. The Morgan fingerprint density at radius 2 is 2.07 bits per heavy atom. The monoisotopic (exact) mass is 434 g/mol. The Kier molecular flexibility index (Phi) is 5.30. The number of halogens is 3. The fourth-order valence-electron chi connectivity index (χ4n) is 2.73. The Balaban J connectivity index is 1.72. The van der Waals surface area contributed by atoms with E-state index in [2.05, 4.69) is 10.1 Å². The van der Waals surface area contributed by atoms with E-state index in [9.17, 15) is 9.18 Å². The van der Waals surface area contributed by atoms with Crippen molar-refractivity contribution in [2.75, 3.05) is 11.4 Å². The topological polar surface area (TPSA) is 51.0 Å². The minimum absolute atomic E-state index is 0.258. The zero-order valence-electron chi connectivity index (χ0n) is 14.3. The number of benzene rings is 2. The Bertz CT molecular complexity index is 1150. The molecule has 0 aliphatic rings. The van der Waals surface area contributed by atoms with Gasteiger partial charge in [0, 0.05) is 24.0 Å². The Labute approximate surface area is 173 Å². The quantitative estimate of drug-likeness (QED) is 0.428. The van der Waals surface area contributed by atoms with Crippen molar-refractivity contribution < 1.29 is 9.18 Å². The van der Waals surface area contributed by atoms with Crippen LogP contribution in [0.4, 0.5) is 9.52 Å². The molecule has 0 radical (unpaired) electrons. The predicted molar refractivity (Wildman–Crippen MR) is 110 cm³/mol. The zero-order valence-corrected chi connectivity index (χ0v) is 16.7. The van der Waals surface area contributed by atoms with E-state index < -0.39 is 0 Å². The van der Waals surface area contributed by atoms with E-state index in [1.165, 1.54) is 34.4 Å². The van der Waals surface area contributed by atoms with Gasteiger partial charge in [0.05, 0.1) is 27.3 Å². The second-order valence-corrected chi connectivity index (χ2v) is 7.81. The number of thiazole rings is 1. The van der Waals surface area contributed by atoms with Gasteiger partial charge in [0.1, 0.15) is 5.82 Å². The maximum Gasteiger partial charge on any atom is 0.261 e. The number of hydrogen-bond acceptors (Lipinski definition) is 4. The van der Waals surface area contributed by atoms with Crippen molar-refractivity contribution in [3.63, 3.8) is 0 Å². The summed E-state index contributed by atoms with van der Waals surface area (Å²) in [5.74, 6) is -0.661. The van der Waals surface area contributed by atoms with Gasteiger partial charge in [0.25, 0.3) is 5.91 Å². The molecule has 2 heterocycles. The summed E-state index contributed by atoms with van der Waals surface area (Å²) in [5, 5.41) is 5.33. The summed E-state index contributed by atoms with van der Waals surface area (Å²) >= 11 is 13.4. The van der Waals surface area contributed by atoms with E-state index in [1.807, 2.05) is 12.3 Å². The molecule has 4 rings (SSSR count). The van der Waals surface area contributed by atoms with Crippen LogP contribution in [0.1, 0.15) is 10.4 Å². The lowest BCUT2D eigenvalue weighted by Crippen LogP contribution is -2.34. The number of fused-ring (bicyclic) bond motifs is 1. The first-order valence-electron chi connectivity index (χ1n) is 8.32. The van der Waals surface area contributed by atoms with Crippen molar-refractivity contribution >= 4 is 55.8 Å². The van der Waals surface area contributed by atoms with Crippen LogP contribution in [0.15, 0.2) is 54.9 Å². The fourth-order valence-corrected chi connectivity index (χ4v) is 4.23. The van der Waals surface area contributed by atoms with Gasteiger partial charge in [-0.3, -0.25) is 14.4 Å². The molecule has 5 nitrogen and oxygen atoms in total. The summed E-state index contributed by atoms with van der Waals surface area (Å²) < 4.78 is 15.9. The third kappa shape index (κ3) is 3.87. The molecule has 0 unspecified atom stereocenters. The third-order valence-electron chi connectivity index (χ3n) is 4.09. The SMILES string of the molecule is O=C(c1ccc(Cl)cc1Cl)N(CCn1cccn1)c1nc2ccc(F)cc2s1. The molecule has 0 aliphatic carbocycles. The van der Waals surface area contributed by atoms with Crippen LogP contribution >= 0.6 is 34.5 Å². The lowest BCUT2D eigenvalue weighted by Gasteiger charge is -2.20. The van der Waals surface area contributed by atoms with E-state index in [0.717, 1.165) is 0 Å². The molecule has 0 spiro atoms. The molecule has 0 bridgehead atoms. The van der Waals surface area contributed by atoms with Gasteiger partial charge in [-0.25, -0.2) is 9.37 Å². The number of anilines is 1. The highest BCUT2D eigenvalue weighted by molar-refractivity contribution is 7.22. The molecular formula is C19H13Cl2FN4OS.